The number of aromatic nitrogens is 2. The van der Waals surface area contributed by atoms with E-state index in [1.807, 2.05) is 23.9 Å². The van der Waals surface area contributed by atoms with Gasteiger partial charge < -0.3 is 15.0 Å². The molecule has 3 rings (SSSR count). The summed E-state index contributed by atoms with van der Waals surface area (Å²) in [6.07, 6.45) is 4.89. The molecule has 4 nitrogen and oxygen atoms in total. The number of aliphatic hydroxyl groups is 1. The van der Waals surface area contributed by atoms with Gasteiger partial charge in [0.1, 0.15) is 0 Å². The zero-order valence-electron chi connectivity index (χ0n) is 9.47. The second-order valence-corrected chi connectivity index (χ2v) is 5.11. The number of fused-ring (bicyclic) bond motifs is 3. The maximum atomic E-state index is 8.73. The van der Waals surface area contributed by atoms with Gasteiger partial charge >= 0.3 is 0 Å². The normalized spacial score (nSPS) is 17.1. The van der Waals surface area contributed by atoms with Crippen molar-refractivity contribution >= 4 is 11.3 Å². The highest BCUT2D eigenvalue weighted by atomic mass is 32.1. The van der Waals surface area contributed by atoms with Crippen molar-refractivity contribution in [2.45, 2.75) is 12.5 Å². The number of imidazole rings is 1. The summed E-state index contributed by atoms with van der Waals surface area (Å²) in [7, 11) is 0. The molecule has 0 aromatic carbocycles. The smallest absolute Gasteiger partial charge is 0.0957 e. The molecule has 0 fully saturated rings. The Kier molecular flexibility index (Phi) is 2.96. The minimum Gasteiger partial charge on any atom is -0.395 e. The van der Waals surface area contributed by atoms with Crippen LogP contribution in [0.1, 0.15) is 17.3 Å². The summed E-state index contributed by atoms with van der Waals surface area (Å²) in [4.78, 5) is 5.66. The van der Waals surface area contributed by atoms with Crippen LogP contribution in [-0.2, 0) is 0 Å². The Hall–Kier alpha value is -1.17. The van der Waals surface area contributed by atoms with Crippen molar-refractivity contribution in [3.63, 3.8) is 0 Å². The Morgan fingerprint density at radius 1 is 1.47 bits per heavy atom. The monoisotopic (exact) mass is 249 g/mol. The minimum absolute atomic E-state index is 0.200. The zero-order chi connectivity index (χ0) is 11.7. The Morgan fingerprint density at radius 2 is 2.41 bits per heavy atom. The fourth-order valence-electron chi connectivity index (χ4n) is 2.39. The van der Waals surface area contributed by atoms with Crippen LogP contribution >= 0.6 is 11.3 Å². The molecule has 0 aliphatic carbocycles. The van der Waals surface area contributed by atoms with E-state index in [4.69, 9.17) is 5.11 Å². The predicted molar refractivity (Wildman–Crippen MR) is 68.3 cm³/mol. The Bertz CT molecular complexity index is 465. The highest BCUT2D eigenvalue weighted by Gasteiger charge is 2.28. The Labute approximate surface area is 104 Å². The maximum Gasteiger partial charge on any atom is 0.0957 e. The van der Waals surface area contributed by atoms with E-state index >= 15 is 0 Å². The van der Waals surface area contributed by atoms with Gasteiger partial charge in [-0.15, -0.1) is 11.3 Å². The Morgan fingerprint density at radius 3 is 3.29 bits per heavy atom. The summed E-state index contributed by atoms with van der Waals surface area (Å²) in [5, 5.41) is 14.1. The van der Waals surface area contributed by atoms with Crippen LogP contribution in [0.4, 0.5) is 0 Å². The summed E-state index contributed by atoms with van der Waals surface area (Å²) < 4.78 is 2.25. The summed E-state index contributed by atoms with van der Waals surface area (Å²) in [6.45, 7) is 1.78. The zero-order valence-corrected chi connectivity index (χ0v) is 10.3. The molecule has 0 amide bonds. The first-order valence-corrected chi connectivity index (χ1v) is 6.71. The maximum absolute atomic E-state index is 8.73. The van der Waals surface area contributed by atoms with Crippen molar-refractivity contribution in [3.8, 4) is 11.3 Å². The van der Waals surface area contributed by atoms with E-state index in [1.165, 1.54) is 16.1 Å². The number of rotatable bonds is 5. The second kappa shape index (κ2) is 4.60. The topological polar surface area (TPSA) is 50.1 Å². The molecule has 1 atom stereocenters. The van der Waals surface area contributed by atoms with Crippen molar-refractivity contribution < 1.29 is 5.11 Å². The van der Waals surface area contributed by atoms with Crippen LogP contribution in [-0.4, -0.2) is 34.4 Å². The lowest BCUT2D eigenvalue weighted by molar-refractivity contribution is 0.291. The summed E-state index contributed by atoms with van der Waals surface area (Å²) >= 11 is 1.82. The number of aliphatic hydroxyl groups excluding tert-OH is 1. The van der Waals surface area contributed by atoms with E-state index in [0.717, 1.165) is 13.0 Å². The predicted octanol–water partition coefficient (Wildman–Crippen LogP) is 1.49. The molecule has 0 saturated carbocycles. The minimum atomic E-state index is 0.200. The average molecular weight is 249 g/mol. The molecular formula is C12H15N3OS. The third-order valence-electron chi connectivity index (χ3n) is 3.16. The molecule has 2 aromatic rings. The molecular weight excluding hydrogens is 234 g/mol. The van der Waals surface area contributed by atoms with Gasteiger partial charge in [-0.1, -0.05) is 0 Å². The van der Waals surface area contributed by atoms with Crippen LogP contribution in [0.25, 0.3) is 11.3 Å². The van der Waals surface area contributed by atoms with Crippen LogP contribution in [0.15, 0.2) is 24.0 Å². The van der Waals surface area contributed by atoms with Gasteiger partial charge in [-0.25, -0.2) is 4.98 Å². The summed E-state index contributed by atoms with van der Waals surface area (Å²) in [6, 6.07) is 2.59. The van der Waals surface area contributed by atoms with Gasteiger partial charge in [0, 0.05) is 17.0 Å². The molecule has 5 heteroatoms. The van der Waals surface area contributed by atoms with Gasteiger partial charge in [-0.3, -0.25) is 0 Å². The molecule has 2 N–H and O–H groups in total. The van der Waals surface area contributed by atoms with Gasteiger partial charge in [0.2, 0.25) is 0 Å². The van der Waals surface area contributed by atoms with E-state index < -0.39 is 0 Å². The highest BCUT2D eigenvalue weighted by Crippen LogP contribution is 2.43. The quantitative estimate of drug-likeness (QED) is 0.789. The fraction of sp³-hybridized carbons (Fsp3) is 0.417. The first-order valence-electron chi connectivity index (χ1n) is 5.83. The standard InChI is InChI=1S/C12H15N3OS/c16-5-4-13-3-1-10-12-9(2-6-17-12)11-7-14-8-15(10)11/h2,6-8,10,13,16H,1,3-5H2. The van der Waals surface area contributed by atoms with Gasteiger partial charge in [-0.05, 0) is 24.4 Å². The number of nitrogens with one attached hydrogen (secondary N) is 1. The number of thiophene rings is 1. The molecule has 17 heavy (non-hydrogen) atoms. The largest absolute Gasteiger partial charge is 0.395 e. The SMILES string of the molecule is OCCNCCC1c2sccc2-c2cncn21. The van der Waals surface area contributed by atoms with Crippen molar-refractivity contribution in [2.75, 3.05) is 19.7 Å². The molecule has 0 saturated heterocycles. The molecule has 0 radical (unpaired) electrons. The summed E-state index contributed by atoms with van der Waals surface area (Å²) in [5.41, 5.74) is 2.56. The number of nitrogens with zero attached hydrogens (tertiary/aromatic N) is 2. The van der Waals surface area contributed by atoms with E-state index in [0.29, 0.717) is 12.6 Å². The lowest BCUT2D eigenvalue weighted by Crippen LogP contribution is -2.22. The highest BCUT2D eigenvalue weighted by molar-refractivity contribution is 7.10. The van der Waals surface area contributed by atoms with Crippen LogP contribution in [0.3, 0.4) is 0 Å². The molecule has 1 unspecified atom stereocenters. The first kappa shape index (κ1) is 11.0. The molecule has 90 valence electrons. The molecule has 0 bridgehead atoms. The van der Waals surface area contributed by atoms with Crippen molar-refractivity contribution in [1.29, 1.82) is 0 Å². The van der Waals surface area contributed by atoms with Crippen molar-refractivity contribution in [1.82, 2.24) is 14.9 Å². The van der Waals surface area contributed by atoms with Crippen LogP contribution in [0.2, 0.25) is 0 Å². The van der Waals surface area contributed by atoms with Gasteiger partial charge in [0.05, 0.1) is 30.9 Å². The van der Waals surface area contributed by atoms with E-state index in [1.54, 1.807) is 0 Å². The lowest BCUT2D eigenvalue weighted by atomic mass is 10.1. The number of hydrogen-bond donors (Lipinski definition) is 2. The summed E-state index contributed by atoms with van der Waals surface area (Å²) in [5.74, 6) is 0. The number of hydrogen-bond acceptors (Lipinski definition) is 4. The molecule has 0 spiro atoms. The molecule has 2 aromatic heterocycles. The lowest BCUT2D eigenvalue weighted by Gasteiger charge is -2.13. The van der Waals surface area contributed by atoms with Gasteiger partial charge in [-0.2, -0.15) is 0 Å². The third kappa shape index (κ3) is 1.80. The van der Waals surface area contributed by atoms with Crippen LogP contribution in [0, 0.1) is 0 Å². The second-order valence-electron chi connectivity index (χ2n) is 4.16. The average Bonchev–Trinajstić information content (AvgIpc) is 2.99. The van der Waals surface area contributed by atoms with Crippen molar-refractivity contribution in [3.05, 3.63) is 28.8 Å². The molecule has 1 aliphatic rings. The first-order chi connectivity index (χ1) is 8.42. The third-order valence-corrected chi connectivity index (χ3v) is 4.18. The van der Waals surface area contributed by atoms with E-state index in [9.17, 15) is 0 Å². The van der Waals surface area contributed by atoms with Gasteiger partial charge in [0.25, 0.3) is 0 Å². The fourth-order valence-corrected chi connectivity index (χ4v) is 3.43. The van der Waals surface area contributed by atoms with E-state index in [-0.39, 0.29) is 6.61 Å². The molecule has 3 heterocycles. The van der Waals surface area contributed by atoms with Crippen LogP contribution in [0.5, 0.6) is 0 Å². The van der Waals surface area contributed by atoms with E-state index in [2.05, 4.69) is 26.3 Å². The van der Waals surface area contributed by atoms with Gasteiger partial charge in [0.15, 0.2) is 0 Å². The van der Waals surface area contributed by atoms with Crippen molar-refractivity contribution in [2.24, 2.45) is 0 Å². The molecule has 1 aliphatic heterocycles. The Balaban J connectivity index is 1.77. The van der Waals surface area contributed by atoms with Crippen LogP contribution < -0.4 is 5.32 Å².